The molecule has 1 spiro atoms. The van der Waals surface area contributed by atoms with Crippen LogP contribution in [0, 0.1) is 11.3 Å². The molecule has 7 heteroatoms. The van der Waals surface area contributed by atoms with Gasteiger partial charge in [-0.1, -0.05) is 6.07 Å². The monoisotopic (exact) mass is 352 g/mol. The first-order chi connectivity index (χ1) is 11.4. The number of nitrogens with one attached hydrogen (secondary N) is 2. The molecule has 1 aliphatic heterocycles. The number of anilines is 1. The minimum Gasteiger partial charge on any atom is -0.492 e. The number of hydrogen-bond donors (Lipinski definition) is 2. The average Bonchev–Trinajstić information content (AvgIpc) is 3.20. The van der Waals surface area contributed by atoms with Crippen molar-refractivity contribution in [2.24, 2.45) is 11.3 Å². The van der Waals surface area contributed by atoms with Crippen LogP contribution in [0.25, 0.3) is 0 Å². The lowest BCUT2D eigenvalue weighted by Gasteiger charge is -2.23. The molecule has 1 unspecified atom stereocenters. The quantitative estimate of drug-likeness (QED) is 0.809. The van der Waals surface area contributed by atoms with Crippen LogP contribution in [-0.2, 0) is 14.6 Å². The summed E-state index contributed by atoms with van der Waals surface area (Å²) in [7, 11) is -3.04. The zero-order chi connectivity index (χ0) is 17.2. The topological polar surface area (TPSA) is 84.5 Å². The molecule has 2 N–H and O–H groups in total. The fourth-order valence-corrected chi connectivity index (χ4v) is 3.79. The molecule has 0 radical (unpaired) electrons. The number of carbonyl (C=O) groups is 1. The van der Waals surface area contributed by atoms with E-state index in [4.69, 9.17) is 4.74 Å². The van der Waals surface area contributed by atoms with Crippen LogP contribution < -0.4 is 15.4 Å². The van der Waals surface area contributed by atoms with Gasteiger partial charge in [-0.3, -0.25) is 4.79 Å². The van der Waals surface area contributed by atoms with Gasteiger partial charge in [-0.15, -0.1) is 0 Å². The number of rotatable bonds is 6. The Morgan fingerprint density at radius 2 is 2.12 bits per heavy atom. The molecule has 24 heavy (non-hydrogen) atoms. The molecule has 6 nitrogen and oxygen atoms in total. The number of carbonyl (C=O) groups excluding carboxylic acids is 1. The number of hydrogen-bond acceptors (Lipinski definition) is 5. The molecule has 132 valence electrons. The van der Waals surface area contributed by atoms with Crippen molar-refractivity contribution >= 4 is 21.4 Å². The van der Waals surface area contributed by atoms with Gasteiger partial charge in [-0.25, -0.2) is 8.42 Å². The molecule has 1 saturated carbocycles. The first-order valence-corrected chi connectivity index (χ1v) is 10.4. The Hall–Kier alpha value is -1.60. The van der Waals surface area contributed by atoms with Crippen molar-refractivity contribution in [2.75, 3.05) is 37.0 Å². The van der Waals surface area contributed by atoms with Gasteiger partial charge in [0.25, 0.3) is 0 Å². The Kier molecular flexibility index (Phi) is 4.83. The Morgan fingerprint density at radius 3 is 2.83 bits per heavy atom. The lowest BCUT2D eigenvalue weighted by molar-refractivity contribution is -0.118. The van der Waals surface area contributed by atoms with Gasteiger partial charge in [0.1, 0.15) is 12.4 Å². The molecule has 1 aliphatic carbocycles. The van der Waals surface area contributed by atoms with Crippen LogP contribution >= 0.6 is 0 Å². The van der Waals surface area contributed by atoms with Crippen LogP contribution in [0.2, 0.25) is 0 Å². The number of ether oxygens (including phenoxy) is 1. The maximum absolute atomic E-state index is 12.5. The van der Waals surface area contributed by atoms with Crippen LogP contribution in [0.3, 0.4) is 0 Å². The summed E-state index contributed by atoms with van der Waals surface area (Å²) in [6.07, 6.45) is 4.30. The Morgan fingerprint density at radius 1 is 1.38 bits per heavy atom. The van der Waals surface area contributed by atoms with Crippen molar-refractivity contribution in [2.45, 2.75) is 19.3 Å². The van der Waals surface area contributed by atoms with Crippen LogP contribution in [0.4, 0.5) is 5.69 Å². The molecule has 1 aromatic rings. The second kappa shape index (κ2) is 6.72. The summed E-state index contributed by atoms with van der Waals surface area (Å²) in [6.45, 7) is 2.09. The predicted molar refractivity (Wildman–Crippen MR) is 92.9 cm³/mol. The van der Waals surface area contributed by atoms with Crippen molar-refractivity contribution in [3.63, 3.8) is 0 Å². The summed E-state index contributed by atoms with van der Waals surface area (Å²) in [5.41, 5.74) is 0.895. The summed E-state index contributed by atoms with van der Waals surface area (Å²) in [6, 6.07) is 7.10. The first kappa shape index (κ1) is 17.2. The van der Waals surface area contributed by atoms with Crippen LogP contribution in [0.1, 0.15) is 19.3 Å². The summed E-state index contributed by atoms with van der Waals surface area (Å²) in [5.74, 6) is 0.714. The number of piperidine rings is 1. The van der Waals surface area contributed by atoms with Gasteiger partial charge in [-0.05, 0) is 49.9 Å². The minimum atomic E-state index is -3.04. The molecule has 1 aromatic carbocycles. The van der Waals surface area contributed by atoms with Crippen molar-refractivity contribution in [1.82, 2.24) is 5.32 Å². The Bertz CT molecular complexity index is 711. The molecule has 0 aromatic heterocycles. The highest BCUT2D eigenvalue weighted by atomic mass is 32.2. The van der Waals surface area contributed by atoms with Crippen molar-refractivity contribution in [1.29, 1.82) is 0 Å². The first-order valence-electron chi connectivity index (χ1n) is 8.30. The smallest absolute Gasteiger partial charge is 0.228 e. The van der Waals surface area contributed by atoms with E-state index in [1.165, 1.54) is 6.26 Å². The van der Waals surface area contributed by atoms with Gasteiger partial charge in [0, 0.05) is 23.9 Å². The fourth-order valence-electron chi connectivity index (χ4n) is 3.40. The maximum atomic E-state index is 12.5. The van der Waals surface area contributed by atoms with Crippen LogP contribution in [-0.4, -0.2) is 46.0 Å². The lowest BCUT2D eigenvalue weighted by atomic mass is 9.92. The summed E-state index contributed by atoms with van der Waals surface area (Å²) in [4.78, 5) is 12.5. The lowest BCUT2D eigenvalue weighted by Crippen LogP contribution is -2.31. The second-order valence-corrected chi connectivity index (χ2v) is 9.12. The highest BCUT2D eigenvalue weighted by Crippen LogP contribution is 2.58. The molecule has 3 rings (SSSR count). The van der Waals surface area contributed by atoms with Gasteiger partial charge >= 0.3 is 0 Å². The van der Waals surface area contributed by atoms with Gasteiger partial charge in [0.05, 0.1) is 5.75 Å². The van der Waals surface area contributed by atoms with Crippen molar-refractivity contribution in [3.05, 3.63) is 24.3 Å². The zero-order valence-corrected chi connectivity index (χ0v) is 14.7. The van der Waals surface area contributed by atoms with E-state index < -0.39 is 9.84 Å². The van der Waals surface area contributed by atoms with E-state index in [1.54, 1.807) is 18.2 Å². The van der Waals surface area contributed by atoms with E-state index in [2.05, 4.69) is 10.6 Å². The van der Waals surface area contributed by atoms with E-state index in [1.807, 2.05) is 6.07 Å². The Balaban J connectivity index is 1.54. The van der Waals surface area contributed by atoms with Gasteiger partial charge < -0.3 is 15.4 Å². The van der Waals surface area contributed by atoms with Gasteiger partial charge in [-0.2, -0.15) is 0 Å². The van der Waals surface area contributed by atoms with E-state index in [0.29, 0.717) is 11.4 Å². The molecule has 1 saturated heterocycles. The molecule has 1 amide bonds. The van der Waals surface area contributed by atoms with Crippen LogP contribution in [0.5, 0.6) is 5.75 Å². The number of amides is 1. The second-order valence-electron chi connectivity index (χ2n) is 6.86. The SMILES string of the molecule is CS(=O)(=O)CCOc1cccc(NC(=O)C2CC23CCNCC3)c1. The third-order valence-electron chi connectivity index (χ3n) is 4.93. The molecule has 2 aliphatic rings. The Labute approximate surface area is 142 Å². The highest BCUT2D eigenvalue weighted by molar-refractivity contribution is 7.90. The van der Waals surface area contributed by atoms with E-state index in [0.717, 1.165) is 32.4 Å². The third kappa shape index (κ3) is 4.27. The third-order valence-corrected chi connectivity index (χ3v) is 5.84. The maximum Gasteiger partial charge on any atom is 0.228 e. The van der Waals surface area contributed by atoms with Gasteiger partial charge in [0.15, 0.2) is 9.84 Å². The molecule has 1 atom stereocenters. The van der Waals surface area contributed by atoms with E-state index in [-0.39, 0.29) is 29.6 Å². The summed E-state index contributed by atoms with van der Waals surface area (Å²) >= 11 is 0. The standard InChI is InChI=1S/C17H24N2O4S/c1-24(21,22)10-9-23-14-4-2-3-13(11-14)19-16(20)15-12-17(15)5-7-18-8-6-17/h2-4,11,15,18H,5-10,12H2,1H3,(H,19,20). The van der Waals surface area contributed by atoms with Crippen molar-refractivity contribution in [3.8, 4) is 5.75 Å². The van der Waals surface area contributed by atoms with E-state index in [9.17, 15) is 13.2 Å². The molecule has 1 heterocycles. The number of sulfone groups is 1. The molecular weight excluding hydrogens is 328 g/mol. The van der Waals surface area contributed by atoms with Crippen molar-refractivity contribution < 1.29 is 17.9 Å². The van der Waals surface area contributed by atoms with Gasteiger partial charge in [0.2, 0.25) is 5.91 Å². The average molecular weight is 352 g/mol. The van der Waals surface area contributed by atoms with E-state index >= 15 is 0 Å². The summed E-state index contributed by atoms with van der Waals surface area (Å²) in [5, 5.41) is 6.30. The number of benzene rings is 1. The summed E-state index contributed by atoms with van der Waals surface area (Å²) < 4.78 is 27.7. The zero-order valence-electron chi connectivity index (χ0n) is 13.9. The molecule has 0 bridgehead atoms. The minimum absolute atomic E-state index is 0.0256. The van der Waals surface area contributed by atoms with Crippen LogP contribution in [0.15, 0.2) is 24.3 Å². The molecular formula is C17H24N2O4S. The molecule has 2 fully saturated rings. The normalized spacial score (nSPS) is 22.1. The fraction of sp³-hybridized carbons (Fsp3) is 0.588. The predicted octanol–water partition coefficient (Wildman–Crippen LogP) is 1.44. The largest absolute Gasteiger partial charge is 0.492 e. The highest BCUT2D eigenvalue weighted by Gasteiger charge is 2.57.